The van der Waals surface area contributed by atoms with Crippen LogP contribution in [0.2, 0.25) is 0 Å². The Morgan fingerprint density at radius 1 is 1.11 bits per heavy atom. The molecule has 2 aromatic carbocycles. The maximum Gasteiger partial charge on any atom is 0.338 e. The van der Waals surface area contributed by atoms with Crippen LogP contribution in [0.5, 0.6) is 0 Å². The lowest BCUT2D eigenvalue weighted by Gasteiger charge is -2.04. The van der Waals surface area contributed by atoms with Crippen molar-refractivity contribution < 1.29 is 14.1 Å². The van der Waals surface area contributed by atoms with Crippen LogP contribution in [0.4, 0.5) is 5.69 Å². The summed E-state index contributed by atoms with van der Waals surface area (Å²) in [6.45, 7) is 1.72. The molecule has 0 atom stereocenters. The van der Waals surface area contributed by atoms with Gasteiger partial charge >= 0.3 is 5.63 Å². The molecule has 5 aromatic rings. The van der Waals surface area contributed by atoms with E-state index >= 15 is 0 Å². The molecule has 174 valence electrons. The molecule has 0 bridgehead atoms. The smallest absolute Gasteiger partial charge is 0.338 e. The molecular formula is C22H16N8O5. The van der Waals surface area contributed by atoms with Crippen molar-refractivity contribution in [3.05, 3.63) is 98.4 Å². The number of nitro groups is 1. The van der Waals surface area contributed by atoms with Gasteiger partial charge in [-0.15, -0.1) is 10.2 Å². The monoisotopic (exact) mass is 472 g/mol. The topological polar surface area (TPSA) is 164 Å². The highest BCUT2D eigenvalue weighted by molar-refractivity contribution is 5.93. The van der Waals surface area contributed by atoms with Gasteiger partial charge in [-0.25, -0.2) is 14.2 Å². The number of para-hydroxylation sites is 1. The van der Waals surface area contributed by atoms with Gasteiger partial charge in [0.05, 0.1) is 40.8 Å². The molecule has 1 amide bonds. The molecule has 3 heterocycles. The van der Waals surface area contributed by atoms with Crippen LogP contribution < -0.4 is 10.9 Å². The number of amides is 1. The van der Waals surface area contributed by atoms with Gasteiger partial charge in [-0.3, -0.25) is 14.9 Å². The maximum atomic E-state index is 12.7. The number of nitrogens with one attached hydrogen (secondary N) is 1. The number of rotatable bonds is 6. The van der Waals surface area contributed by atoms with Crippen LogP contribution in [0.25, 0.3) is 22.3 Å². The minimum absolute atomic E-state index is 0.0538. The Labute approximate surface area is 195 Å². The van der Waals surface area contributed by atoms with Crippen LogP contribution in [0.3, 0.4) is 0 Å². The highest BCUT2D eigenvalue weighted by Crippen LogP contribution is 2.20. The Morgan fingerprint density at radius 3 is 2.66 bits per heavy atom. The van der Waals surface area contributed by atoms with Crippen molar-refractivity contribution >= 4 is 22.6 Å². The fourth-order valence-corrected chi connectivity index (χ4v) is 3.54. The van der Waals surface area contributed by atoms with E-state index in [1.807, 2.05) is 6.07 Å². The van der Waals surface area contributed by atoms with Crippen LogP contribution >= 0.6 is 0 Å². The highest BCUT2D eigenvalue weighted by Gasteiger charge is 2.18. The molecule has 13 nitrogen and oxygen atoms in total. The predicted octanol–water partition coefficient (Wildman–Crippen LogP) is 2.10. The molecule has 0 radical (unpaired) electrons. The lowest BCUT2D eigenvalue weighted by molar-refractivity contribution is -0.384. The number of hydrogen-bond donors (Lipinski definition) is 1. The molecule has 13 heteroatoms. The molecule has 0 saturated carbocycles. The Kier molecular flexibility index (Phi) is 5.33. The van der Waals surface area contributed by atoms with Gasteiger partial charge in [0.2, 0.25) is 0 Å². The molecule has 0 aliphatic rings. The van der Waals surface area contributed by atoms with Crippen molar-refractivity contribution in [1.29, 1.82) is 0 Å². The summed E-state index contributed by atoms with van der Waals surface area (Å²) in [4.78, 5) is 35.0. The predicted molar refractivity (Wildman–Crippen MR) is 121 cm³/mol. The average Bonchev–Trinajstić information content (AvgIpc) is 3.49. The minimum atomic E-state index is -0.518. The summed E-state index contributed by atoms with van der Waals surface area (Å²) in [5.74, 6) is -0.476. The number of benzene rings is 2. The van der Waals surface area contributed by atoms with Crippen molar-refractivity contribution in [3.8, 4) is 11.4 Å². The fraction of sp³-hybridized carbons (Fsp3) is 0.0909. The standard InChI is InChI=1S/C22H16N8O5/c1-13-21(25-27-29(13)15-6-8-16(9-7-15)30(33)34)22(32)23-11-14-12-28(26-24-14)18-10-20(31)35-19-5-3-2-4-17(18)19/h2-10,12H,11H2,1H3,(H,23,32). The molecule has 0 aliphatic carbocycles. The zero-order valence-corrected chi connectivity index (χ0v) is 18.2. The van der Waals surface area contributed by atoms with Gasteiger partial charge in [0.15, 0.2) is 5.69 Å². The number of non-ortho nitro benzene ring substituents is 1. The van der Waals surface area contributed by atoms with E-state index in [0.717, 1.165) is 0 Å². The lowest BCUT2D eigenvalue weighted by atomic mass is 10.2. The Morgan fingerprint density at radius 2 is 1.89 bits per heavy atom. The molecule has 3 aromatic heterocycles. The summed E-state index contributed by atoms with van der Waals surface area (Å²) in [7, 11) is 0. The van der Waals surface area contributed by atoms with E-state index in [4.69, 9.17) is 4.42 Å². The molecule has 35 heavy (non-hydrogen) atoms. The first-order valence-electron chi connectivity index (χ1n) is 10.3. The van der Waals surface area contributed by atoms with Crippen molar-refractivity contribution in [3.63, 3.8) is 0 Å². The number of hydrogen-bond acceptors (Lipinski definition) is 9. The average molecular weight is 472 g/mol. The molecule has 0 saturated heterocycles. The van der Waals surface area contributed by atoms with Crippen molar-refractivity contribution in [2.75, 3.05) is 0 Å². The number of nitrogens with zero attached hydrogens (tertiary/aromatic N) is 7. The molecule has 5 rings (SSSR count). The Balaban J connectivity index is 1.32. The highest BCUT2D eigenvalue weighted by atomic mass is 16.6. The largest absolute Gasteiger partial charge is 0.423 e. The molecule has 0 fully saturated rings. The molecule has 0 spiro atoms. The summed E-state index contributed by atoms with van der Waals surface area (Å²) in [5, 5.41) is 30.3. The van der Waals surface area contributed by atoms with Crippen LogP contribution in [0.1, 0.15) is 21.9 Å². The van der Waals surface area contributed by atoms with E-state index in [9.17, 15) is 19.7 Å². The Hall–Kier alpha value is -5.20. The van der Waals surface area contributed by atoms with Crippen LogP contribution in [-0.2, 0) is 6.54 Å². The fourth-order valence-electron chi connectivity index (χ4n) is 3.54. The lowest BCUT2D eigenvalue weighted by Crippen LogP contribution is -2.24. The normalized spacial score (nSPS) is 11.0. The summed E-state index contributed by atoms with van der Waals surface area (Å²) < 4.78 is 8.06. The van der Waals surface area contributed by atoms with Gasteiger partial charge in [-0.2, -0.15) is 0 Å². The minimum Gasteiger partial charge on any atom is -0.423 e. The molecule has 0 aliphatic heterocycles. The number of aromatic nitrogens is 6. The van der Waals surface area contributed by atoms with Crippen LogP contribution in [-0.4, -0.2) is 40.8 Å². The second-order valence-electron chi connectivity index (χ2n) is 7.49. The van der Waals surface area contributed by atoms with Crippen LogP contribution in [0.15, 0.2) is 70.0 Å². The third kappa shape index (κ3) is 4.13. The third-order valence-electron chi connectivity index (χ3n) is 5.26. The summed E-state index contributed by atoms with van der Waals surface area (Å²) >= 11 is 0. The molecular weight excluding hydrogens is 456 g/mol. The van der Waals surface area contributed by atoms with Gasteiger partial charge in [-0.05, 0) is 31.2 Å². The number of nitro benzene ring substituents is 1. The van der Waals surface area contributed by atoms with Crippen molar-refractivity contribution in [1.82, 2.24) is 35.3 Å². The van der Waals surface area contributed by atoms with E-state index < -0.39 is 16.5 Å². The zero-order valence-electron chi connectivity index (χ0n) is 18.2. The first kappa shape index (κ1) is 21.6. The second kappa shape index (κ2) is 8.62. The number of carbonyl (C=O) groups excluding carboxylic acids is 1. The summed E-state index contributed by atoms with van der Waals surface area (Å²) in [6.07, 6.45) is 1.60. The van der Waals surface area contributed by atoms with Crippen molar-refractivity contribution in [2.24, 2.45) is 0 Å². The van der Waals surface area contributed by atoms with E-state index in [1.165, 1.54) is 39.7 Å². The Bertz CT molecular complexity index is 1630. The first-order chi connectivity index (χ1) is 16.9. The van der Waals surface area contributed by atoms with E-state index in [-0.39, 0.29) is 17.9 Å². The maximum absolute atomic E-state index is 12.7. The molecule has 0 unspecified atom stereocenters. The third-order valence-corrected chi connectivity index (χ3v) is 5.26. The van der Waals surface area contributed by atoms with Gasteiger partial charge < -0.3 is 9.73 Å². The first-order valence-corrected chi connectivity index (χ1v) is 10.3. The van der Waals surface area contributed by atoms with E-state index in [1.54, 1.807) is 31.3 Å². The van der Waals surface area contributed by atoms with E-state index in [2.05, 4.69) is 25.9 Å². The number of fused-ring (bicyclic) bond motifs is 1. The van der Waals surface area contributed by atoms with Crippen molar-refractivity contribution in [2.45, 2.75) is 13.5 Å². The summed E-state index contributed by atoms with van der Waals surface area (Å²) in [5.41, 5.74) is 1.90. The van der Waals surface area contributed by atoms with Gasteiger partial charge in [0.25, 0.3) is 11.6 Å². The van der Waals surface area contributed by atoms with Gasteiger partial charge in [0, 0.05) is 17.5 Å². The zero-order chi connectivity index (χ0) is 24.5. The quantitative estimate of drug-likeness (QED) is 0.221. The van der Waals surface area contributed by atoms with Gasteiger partial charge in [-0.1, -0.05) is 22.6 Å². The van der Waals surface area contributed by atoms with Gasteiger partial charge in [0.1, 0.15) is 11.3 Å². The van der Waals surface area contributed by atoms with E-state index in [0.29, 0.717) is 33.7 Å². The SMILES string of the molecule is Cc1c(C(=O)NCc2cn(-c3cc(=O)oc4ccccc34)nn2)nnn1-c1ccc([N+](=O)[O-])cc1. The molecule has 1 N–H and O–H groups in total. The number of carbonyl (C=O) groups is 1. The van der Waals surface area contributed by atoms with Crippen LogP contribution in [0, 0.1) is 17.0 Å². The second-order valence-corrected chi connectivity index (χ2v) is 7.49. The summed E-state index contributed by atoms with van der Waals surface area (Å²) in [6, 6.07) is 14.1.